The van der Waals surface area contributed by atoms with Gasteiger partial charge in [-0.25, -0.2) is 9.97 Å². The Morgan fingerprint density at radius 1 is 1.37 bits per heavy atom. The summed E-state index contributed by atoms with van der Waals surface area (Å²) in [5.41, 5.74) is 3.02. The fourth-order valence-corrected chi connectivity index (χ4v) is 2.76. The van der Waals surface area contributed by atoms with Gasteiger partial charge < -0.3 is 5.32 Å². The van der Waals surface area contributed by atoms with Crippen molar-refractivity contribution in [3.63, 3.8) is 0 Å². The summed E-state index contributed by atoms with van der Waals surface area (Å²) >= 11 is 0. The van der Waals surface area contributed by atoms with E-state index in [0.29, 0.717) is 17.4 Å². The number of aromatic nitrogens is 3. The highest BCUT2D eigenvalue weighted by Crippen LogP contribution is 2.18. The number of hydrogen-bond acceptors (Lipinski definition) is 3. The van der Waals surface area contributed by atoms with E-state index in [2.05, 4.69) is 15.3 Å². The Hall–Kier alpha value is -1.91. The number of hydrogen-bond donors (Lipinski definition) is 1. The molecule has 2 heterocycles. The van der Waals surface area contributed by atoms with Crippen LogP contribution in [0.15, 0.2) is 12.4 Å². The summed E-state index contributed by atoms with van der Waals surface area (Å²) in [6.45, 7) is 3.92. The van der Waals surface area contributed by atoms with Crippen LogP contribution >= 0.6 is 0 Å². The van der Waals surface area contributed by atoms with Crippen LogP contribution in [-0.4, -0.2) is 26.3 Å². The standard InChI is InChI=1S/C14H18N4O/c1-9-7-10(2)18-8-15-12(13(18)16-9)14(19)17-11-5-3-4-6-11/h7-8,11H,3-6H2,1-2H3,(H,17,19). The van der Waals surface area contributed by atoms with E-state index in [9.17, 15) is 4.79 Å². The molecule has 1 fully saturated rings. The summed E-state index contributed by atoms with van der Waals surface area (Å²) in [6.07, 6.45) is 6.21. The molecule has 5 nitrogen and oxygen atoms in total. The third-order valence-corrected chi connectivity index (χ3v) is 3.73. The molecule has 1 N–H and O–H groups in total. The molecule has 3 rings (SSSR count). The SMILES string of the molecule is Cc1cc(C)n2cnc(C(=O)NC3CCCC3)c2n1. The van der Waals surface area contributed by atoms with Gasteiger partial charge in [0.1, 0.15) is 6.33 Å². The minimum atomic E-state index is -0.105. The van der Waals surface area contributed by atoms with Crippen LogP contribution in [0, 0.1) is 13.8 Å². The molecule has 0 spiro atoms. The van der Waals surface area contributed by atoms with Gasteiger partial charge in [0.15, 0.2) is 11.3 Å². The van der Waals surface area contributed by atoms with Crippen molar-refractivity contribution >= 4 is 11.6 Å². The summed E-state index contributed by atoms with van der Waals surface area (Å²) in [4.78, 5) is 20.9. The van der Waals surface area contributed by atoms with E-state index >= 15 is 0 Å². The number of amides is 1. The van der Waals surface area contributed by atoms with Crippen LogP contribution in [0.25, 0.3) is 5.65 Å². The quantitative estimate of drug-likeness (QED) is 0.896. The van der Waals surface area contributed by atoms with Crippen LogP contribution < -0.4 is 5.32 Å². The Labute approximate surface area is 112 Å². The molecule has 2 aromatic rings. The number of carbonyl (C=O) groups excluding carboxylic acids is 1. The van der Waals surface area contributed by atoms with E-state index in [-0.39, 0.29) is 5.91 Å². The Morgan fingerprint density at radius 3 is 2.84 bits per heavy atom. The zero-order chi connectivity index (χ0) is 13.4. The van der Waals surface area contributed by atoms with E-state index in [1.807, 2.05) is 24.3 Å². The fourth-order valence-electron chi connectivity index (χ4n) is 2.76. The van der Waals surface area contributed by atoms with E-state index < -0.39 is 0 Å². The van der Waals surface area contributed by atoms with Crippen LogP contribution in [0.3, 0.4) is 0 Å². The van der Waals surface area contributed by atoms with Gasteiger partial charge in [0.05, 0.1) is 0 Å². The van der Waals surface area contributed by atoms with Gasteiger partial charge in [0.2, 0.25) is 0 Å². The van der Waals surface area contributed by atoms with Crippen LogP contribution in [0.5, 0.6) is 0 Å². The molecule has 0 radical (unpaired) electrons. The first kappa shape index (κ1) is 12.1. The molecule has 1 aliphatic rings. The monoisotopic (exact) mass is 258 g/mol. The molecule has 1 amide bonds. The number of nitrogens with one attached hydrogen (secondary N) is 1. The zero-order valence-corrected chi connectivity index (χ0v) is 11.3. The molecule has 2 aromatic heterocycles. The maximum Gasteiger partial charge on any atom is 0.274 e. The number of carbonyl (C=O) groups is 1. The third-order valence-electron chi connectivity index (χ3n) is 3.73. The third kappa shape index (κ3) is 2.20. The second-order valence-electron chi connectivity index (χ2n) is 5.28. The normalized spacial score (nSPS) is 16.1. The van der Waals surface area contributed by atoms with Crippen LogP contribution in [0.2, 0.25) is 0 Å². The maximum absolute atomic E-state index is 12.3. The van der Waals surface area contributed by atoms with Gasteiger partial charge in [-0.2, -0.15) is 0 Å². The van der Waals surface area contributed by atoms with Crippen molar-refractivity contribution in [2.45, 2.75) is 45.6 Å². The van der Waals surface area contributed by atoms with Crippen LogP contribution in [0.4, 0.5) is 0 Å². The number of rotatable bonds is 2. The van der Waals surface area contributed by atoms with Gasteiger partial charge in [0, 0.05) is 17.4 Å². The largest absolute Gasteiger partial charge is 0.348 e. The zero-order valence-electron chi connectivity index (χ0n) is 11.3. The van der Waals surface area contributed by atoms with Gasteiger partial charge in [-0.05, 0) is 32.8 Å². The Balaban J connectivity index is 1.93. The minimum Gasteiger partial charge on any atom is -0.348 e. The van der Waals surface area contributed by atoms with E-state index in [1.54, 1.807) is 6.33 Å². The topological polar surface area (TPSA) is 59.3 Å². The second-order valence-corrected chi connectivity index (χ2v) is 5.28. The molecule has 19 heavy (non-hydrogen) atoms. The van der Waals surface area contributed by atoms with Gasteiger partial charge in [-0.1, -0.05) is 12.8 Å². The molecule has 5 heteroatoms. The molecule has 1 aliphatic carbocycles. The van der Waals surface area contributed by atoms with Gasteiger partial charge in [-0.15, -0.1) is 0 Å². The van der Waals surface area contributed by atoms with E-state index in [1.165, 1.54) is 12.8 Å². The molecule has 100 valence electrons. The highest BCUT2D eigenvalue weighted by Gasteiger charge is 2.21. The van der Waals surface area contributed by atoms with Crippen molar-refractivity contribution in [2.24, 2.45) is 0 Å². The molecule has 0 aliphatic heterocycles. The lowest BCUT2D eigenvalue weighted by Gasteiger charge is -2.10. The van der Waals surface area contributed by atoms with E-state index in [0.717, 1.165) is 24.2 Å². The van der Waals surface area contributed by atoms with Crippen molar-refractivity contribution in [3.05, 3.63) is 29.5 Å². The molecule has 0 aromatic carbocycles. The molecule has 0 atom stereocenters. The lowest BCUT2D eigenvalue weighted by Crippen LogP contribution is -2.33. The Bertz CT molecular complexity index is 626. The molecule has 0 bridgehead atoms. The Morgan fingerprint density at radius 2 is 2.11 bits per heavy atom. The van der Waals surface area contributed by atoms with Crippen molar-refractivity contribution < 1.29 is 4.79 Å². The smallest absolute Gasteiger partial charge is 0.274 e. The van der Waals surface area contributed by atoms with Gasteiger partial charge in [0.25, 0.3) is 5.91 Å². The first-order chi connectivity index (χ1) is 9.15. The Kier molecular flexibility index (Phi) is 2.97. The fraction of sp³-hybridized carbons (Fsp3) is 0.500. The minimum absolute atomic E-state index is 0.105. The summed E-state index contributed by atoms with van der Waals surface area (Å²) in [7, 11) is 0. The highest BCUT2D eigenvalue weighted by molar-refractivity contribution is 5.98. The molecule has 0 unspecified atom stereocenters. The number of fused-ring (bicyclic) bond motifs is 1. The summed E-state index contributed by atoms with van der Waals surface area (Å²) in [5.74, 6) is -0.105. The van der Waals surface area contributed by atoms with Crippen LogP contribution in [0.1, 0.15) is 47.6 Å². The second kappa shape index (κ2) is 4.64. The first-order valence-corrected chi connectivity index (χ1v) is 6.77. The predicted molar refractivity (Wildman–Crippen MR) is 72.2 cm³/mol. The van der Waals surface area contributed by atoms with Crippen molar-refractivity contribution in [2.75, 3.05) is 0 Å². The molecular formula is C14H18N4O. The number of aryl methyl sites for hydroxylation is 2. The number of imidazole rings is 1. The molecule has 0 saturated heterocycles. The van der Waals surface area contributed by atoms with Crippen LogP contribution in [-0.2, 0) is 0 Å². The predicted octanol–water partition coefficient (Wildman–Crippen LogP) is 2.02. The molecular weight excluding hydrogens is 240 g/mol. The van der Waals surface area contributed by atoms with Gasteiger partial charge >= 0.3 is 0 Å². The van der Waals surface area contributed by atoms with E-state index in [4.69, 9.17) is 0 Å². The average Bonchev–Trinajstić information content (AvgIpc) is 2.97. The lowest BCUT2D eigenvalue weighted by atomic mass is 10.2. The lowest BCUT2D eigenvalue weighted by molar-refractivity contribution is 0.0935. The van der Waals surface area contributed by atoms with Crippen molar-refractivity contribution in [1.82, 2.24) is 19.7 Å². The van der Waals surface area contributed by atoms with Crippen molar-refractivity contribution in [1.29, 1.82) is 0 Å². The first-order valence-electron chi connectivity index (χ1n) is 6.77. The summed E-state index contributed by atoms with van der Waals surface area (Å²) < 4.78 is 1.86. The van der Waals surface area contributed by atoms with Gasteiger partial charge in [-0.3, -0.25) is 9.20 Å². The average molecular weight is 258 g/mol. The van der Waals surface area contributed by atoms with Crippen molar-refractivity contribution in [3.8, 4) is 0 Å². The molecule has 1 saturated carbocycles. The summed E-state index contributed by atoms with van der Waals surface area (Å²) in [6, 6.07) is 2.28. The highest BCUT2D eigenvalue weighted by atomic mass is 16.2. The summed E-state index contributed by atoms with van der Waals surface area (Å²) in [5, 5.41) is 3.06. The number of nitrogens with zero attached hydrogens (tertiary/aromatic N) is 3. The maximum atomic E-state index is 12.3.